The van der Waals surface area contributed by atoms with Gasteiger partial charge in [0.25, 0.3) is 0 Å². The van der Waals surface area contributed by atoms with E-state index in [0.717, 1.165) is 11.3 Å². The summed E-state index contributed by atoms with van der Waals surface area (Å²) >= 11 is 1.61. The molecular formula is C19H16FNO2S. The molecule has 1 atom stereocenters. The minimum Gasteiger partial charge on any atom is -0.468 e. The zero-order chi connectivity index (χ0) is 16.8. The number of benzene rings is 1. The van der Waals surface area contributed by atoms with Crippen molar-refractivity contribution in [2.45, 2.75) is 17.4 Å². The maximum atomic E-state index is 13.2. The van der Waals surface area contributed by atoms with E-state index in [-0.39, 0.29) is 16.9 Å². The Bertz CT molecular complexity index is 773. The zero-order valence-corrected chi connectivity index (χ0v) is 13.7. The summed E-state index contributed by atoms with van der Waals surface area (Å²) < 4.78 is 18.5. The number of carbonyl (C=O) groups is 1. The Morgan fingerprint density at radius 1 is 1.12 bits per heavy atom. The molecule has 2 heterocycles. The highest BCUT2D eigenvalue weighted by molar-refractivity contribution is 7.98. The molecule has 0 aliphatic carbocycles. The third-order valence-electron chi connectivity index (χ3n) is 3.62. The molecule has 0 bridgehead atoms. The number of thioether (sulfide) groups is 1. The largest absolute Gasteiger partial charge is 0.468 e. The summed E-state index contributed by atoms with van der Waals surface area (Å²) in [6, 6.07) is 13.5. The zero-order valence-electron chi connectivity index (χ0n) is 12.9. The van der Waals surface area contributed by atoms with Gasteiger partial charge in [0.15, 0.2) is 5.78 Å². The predicted octanol–water partition coefficient (Wildman–Crippen LogP) is 5.06. The second-order valence-corrected chi connectivity index (χ2v) is 6.48. The summed E-state index contributed by atoms with van der Waals surface area (Å²) in [6.07, 6.45) is 5.18. The van der Waals surface area contributed by atoms with Crippen molar-refractivity contribution in [2.24, 2.45) is 0 Å². The second-order valence-electron chi connectivity index (χ2n) is 5.29. The molecule has 0 aliphatic rings. The van der Waals surface area contributed by atoms with Crippen molar-refractivity contribution >= 4 is 17.5 Å². The monoisotopic (exact) mass is 341 g/mol. The van der Waals surface area contributed by atoms with Gasteiger partial charge in [0.1, 0.15) is 11.6 Å². The summed E-state index contributed by atoms with van der Waals surface area (Å²) in [6.45, 7) is 0. The van der Waals surface area contributed by atoms with Crippen LogP contribution in [0.25, 0.3) is 0 Å². The molecule has 122 valence electrons. The van der Waals surface area contributed by atoms with Crippen molar-refractivity contribution in [1.82, 2.24) is 4.98 Å². The molecule has 3 rings (SSSR count). The predicted molar refractivity (Wildman–Crippen MR) is 92.3 cm³/mol. The first kappa shape index (κ1) is 16.5. The van der Waals surface area contributed by atoms with Crippen molar-refractivity contribution in [3.05, 3.63) is 89.9 Å². The van der Waals surface area contributed by atoms with E-state index in [4.69, 9.17) is 4.42 Å². The Kier molecular flexibility index (Phi) is 5.43. The fourth-order valence-corrected chi connectivity index (χ4v) is 3.50. The molecule has 0 spiro atoms. The van der Waals surface area contributed by atoms with Crippen LogP contribution in [0.4, 0.5) is 4.39 Å². The highest BCUT2D eigenvalue weighted by Gasteiger charge is 2.18. The van der Waals surface area contributed by atoms with Gasteiger partial charge >= 0.3 is 0 Å². The van der Waals surface area contributed by atoms with Crippen molar-refractivity contribution in [1.29, 1.82) is 0 Å². The van der Waals surface area contributed by atoms with Gasteiger partial charge in [-0.25, -0.2) is 4.39 Å². The van der Waals surface area contributed by atoms with Crippen molar-refractivity contribution in [3.63, 3.8) is 0 Å². The number of nitrogens with zero attached hydrogens (tertiary/aromatic N) is 1. The van der Waals surface area contributed by atoms with Crippen LogP contribution in [0.5, 0.6) is 0 Å². The third kappa shape index (κ3) is 4.32. The number of ketones is 1. The molecule has 0 amide bonds. The summed E-state index contributed by atoms with van der Waals surface area (Å²) in [4.78, 5) is 16.5. The number of pyridine rings is 1. The van der Waals surface area contributed by atoms with Gasteiger partial charge in [-0.3, -0.25) is 9.78 Å². The summed E-state index contributed by atoms with van der Waals surface area (Å²) in [5.41, 5.74) is 1.56. The fraction of sp³-hybridized carbons (Fsp3) is 0.158. The number of Topliss-reactive ketones (excluding diaryl/α,β-unsaturated/α-hetero) is 1. The lowest BCUT2D eigenvalue weighted by Gasteiger charge is -2.16. The lowest BCUT2D eigenvalue weighted by molar-refractivity contribution is 0.0982. The molecule has 0 saturated carbocycles. The first-order valence-electron chi connectivity index (χ1n) is 7.55. The maximum Gasteiger partial charge on any atom is 0.164 e. The molecule has 5 heteroatoms. The molecule has 3 aromatic rings. The van der Waals surface area contributed by atoms with Crippen LogP contribution in [0.15, 0.2) is 71.6 Å². The molecule has 0 saturated heterocycles. The highest BCUT2D eigenvalue weighted by Crippen LogP contribution is 2.35. The number of aromatic nitrogens is 1. The minimum absolute atomic E-state index is 0.0404. The first-order chi connectivity index (χ1) is 11.7. The van der Waals surface area contributed by atoms with E-state index in [1.165, 1.54) is 12.1 Å². The molecule has 0 N–H and O–H groups in total. The lowest BCUT2D eigenvalue weighted by atomic mass is 10.0. The van der Waals surface area contributed by atoms with Crippen LogP contribution in [0.3, 0.4) is 0 Å². The summed E-state index contributed by atoms with van der Waals surface area (Å²) in [5, 5.41) is -0.0728. The first-order valence-corrected chi connectivity index (χ1v) is 8.60. The number of hydrogen-bond donors (Lipinski definition) is 0. The lowest BCUT2D eigenvalue weighted by Crippen LogP contribution is -2.06. The smallest absolute Gasteiger partial charge is 0.164 e. The molecule has 3 nitrogen and oxygen atoms in total. The van der Waals surface area contributed by atoms with Gasteiger partial charge in [-0.05, 0) is 42.0 Å². The maximum absolute atomic E-state index is 13.2. The summed E-state index contributed by atoms with van der Waals surface area (Å²) in [5.74, 6) is 1.26. The van der Waals surface area contributed by atoms with Gasteiger partial charge in [0.05, 0.1) is 12.0 Å². The van der Waals surface area contributed by atoms with Crippen molar-refractivity contribution in [3.8, 4) is 0 Å². The Morgan fingerprint density at radius 2 is 1.88 bits per heavy atom. The molecule has 24 heavy (non-hydrogen) atoms. The van der Waals surface area contributed by atoms with E-state index in [9.17, 15) is 9.18 Å². The number of hydrogen-bond acceptors (Lipinski definition) is 4. The average Bonchev–Trinajstić information content (AvgIpc) is 3.13. The van der Waals surface area contributed by atoms with E-state index < -0.39 is 0 Å². The van der Waals surface area contributed by atoms with Crippen LogP contribution in [0.1, 0.15) is 33.4 Å². The normalized spacial score (nSPS) is 12.0. The second kappa shape index (κ2) is 7.93. The van der Waals surface area contributed by atoms with Gasteiger partial charge < -0.3 is 4.42 Å². The van der Waals surface area contributed by atoms with Gasteiger partial charge in [0, 0.05) is 29.6 Å². The standard InChI is InChI=1S/C19H16FNO2S/c20-16-5-3-15(4-6-16)19(24-13-17-2-1-11-23-17)12-18(22)14-7-9-21-10-8-14/h1-11,19H,12-13H2/t19-/m0/s1. The van der Waals surface area contributed by atoms with E-state index >= 15 is 0 Å². The SMILES string of the molecule is O=C(C[C@H](SCc1ccco1)c1ccc(F)cc1)c1ccncc1. The molecule has 2 aromatic heterocycles. The van der Waals surface area contributed by atoms with Crippen LogP contribution in [-0.2, 0) is 5.75 Å². The Morgan fingerprint density at radius 3 is 2.54 bits per heavy atom. The molecule has 0 aliphatic heterocycles. The van der Waals surface area contributed by atoms with Crippen LogP contribution in [0, 0.1) is 5.82 Å². The molecule has 0 radical (unpaired) electrons. The van der Waals surface area contributed by atoms with Gasteiger partial charge in [-0.2, -0.15) is 0 Å². The number of rotatable bonds is 7. The highest BCUT2D eigenvalue weighted by atomic mass is 32.2. The van der Waals surface area contributed by atoms with Crippen LogP contribution in [-0.4, -0.2) is 10.8 Å². The molecule has 0 fully saturated rings. The van der Waals surface area contributed by atoms with E-state index in [1.54, 1.807) is 54.7 Å². The van der Waals surface area contributed by atoms with Crippen LogP contribution in [0.2, 0.25) is 0 Å². The molecule has 1 aromatic carbocycles. The van der Waals surface area contributed by atoms with E-state index in [1.807, 2.05) is 12.1 Å². The van der Waals surface area contributed by atoms with Crippen LogP contribution >= 0.6 is 11.8 Å². The topological polar surface area (TPSA) is 43.1 Å². The van der Waals surface area contributed by atoms with Gasteiger partial charge in [-0.15, -0.1) is 11.8 Å². The van der Waals surface area contributed by atoms with E-state index in [0.29, 0.717) is 17.7 Å². The van der Waals surface area contributed by atoms with Gasteiger partial charge in [-0.1, -0.05) is 12.1 Å². The number of halogens is 1. The quantitative estimate of drug-likeness (QED) is 0.563. The average molecular weight is 341 g/mol. The van der Waals surface area contributed by atoms with Crippen molar-refractivity contribution in [2.75, 3.05) is 0 Å². The number of carbonyl (C=O) groups excluding carboxylic acids is 1. The molecule has 0 unspecified atom stereocenters. The molecular weight excluding hydrogens is 325 g/mol. The summed E-state index contributed by atoms with van der Waals surface area (Å²) in [7, 11) is 0. The third-order valence-corrected chi connectivity index (χ3v) is 4.91. The van der Waals surface area contributed by atoms with Crippen molar-refractivity contribution < 1.29 is 13.6 Å². The Balaban J connectivity index is 1.75. The Labute approximate surface area is 143 Å². The van der Waals surface area contributed by atoms with E-state index in [2.05, 4.69) is 4.98 Å². The van der Waals surface area contributed by atoms with Gasteiger partial charge in [0.2, 0.25) is 0 Å². The Hall–Kier alpha value is -2.40. The van der Waals surface area contributed by atoms with Crippen LogP contribution < -0.4 is 0 Å². The fourth-order valence-electron chi connectivity index (χ4n) is 2.35. The number of furan rings is 1. The minimum atomic E-state index is -0.283.